The van der Waals surface area contributed by atoms with E-state index in [1.165, 1.54) is 11.1 Å². The minimum Gasteiger partial charge on any atom is -0.378 e. The highest BCUT2D eigenvalue weighted by molar-refractivity contribution is 6.00. The number of rotatable bonds is 8. The Morgan fingerprint density at radius 2 is 1.44 bits per heavy atom. The van der Waals surface area contributed by atoms with Gasteiger partial charge in [-0.05, 0) is 58.0 Å². The highest BCUT2D eigenvalue weighted by Crippen LogP contribution is 2.27. The van der Waals surface area contributed by atoms with Crippen LogP contribution in [0, 0.1) is 0 Å². The van der Waals surface area contributed by atoms with Crippen LogP contribution in [0.5, 0.6) is 0 Å². The lowest BCUT2D eigenvalue weighted by atomic mass is 9.94. The zero-order valence-corrected chi connectivity index (χ0v) is 19.1. The summed E-state index contributed by atoms with van der Waals surface area (Å²) in [6.45, 7) is 6.55. The summed E-state index contributed by atoms with van der Waals surface area (Å²) in [6.07, 6.45) is 1.41. The van der Waals surface area contributed by atoms with Crippen LogP contribution in [0.4, 0.5) is 5.69 Å². The number of hydrogen-bond donors (Lipinski definition) is 1. The fourth-order valence-electron chi connectivity index (χ4n) is 4.07. The van der Waals surface area contributed by atoms with Crippen LogP contribution in [-0.4, -0.2) is 5.78 Å². The molecule has 162 valence electrons. The van der Waals surface area contributed by atoms with Crippen molar-refractivity contribution in [3.8, 4) is 0 Å². The van der Waals surface area contributed by atoms with Crippen molar-refractivity contribution < 1.29 is 4.79 Å². The molecule has 4 rings (SSSR count). The fraction of sp³-hybridized carbons (Fsp3) is 0.233. The molecule has 2 nitrogen and oxygen atoms in total. The van der Waals surface area contributed by atoms with Gasteiger partial charge < -0.3 is 5.32 Å². The molecule has 2 heteroatoms. The Kier molecular flexibility index (Phi) is 6.70. The number of carbonyl (C=O) groups excluding carboxylic acids is 1. The smallest absolute Gasteiger partial charge is 0.165 e. The third-order valence-electron chi connectivity index (χ3n) is 6.17. The number of fused-ring (bicyclic) bond motifs is 1. The number of nitrogens with one attached hydrogen (secondary N) is 1. The Balaban J connectivity index is 1.61. The van der Waals surface area contributed by atoms with E-state index in [0.717, 1.165) is 34.0 Å². The molecular weight excluding hydrogens is 390 g/mol. The molecule has 0 aliphatic rings. The lowest BCUT2D eigenvalue weighted by Crippen LogP contribution is -2.16. The van der Waals surface area contributed by atoms with Crippen LogP contribution in [0.15, 0.2) is 91.0 Å². The molecule has 0 bridgehead atoms. The van der Waals surface area contributed by atoms with Crippen molar-refractivity contribution in [3.05, 3.63) is 113 Å². The Morgan fingerprint density at radius 3 is 2.09 bits per heavy atom. The molecular formula is C30H31NO. The van der Waals surface area contributed by atoms with Crippen molar-refractivity contribution in [3.63, 3.8) is 0 Å². The van der Waals surface area contributed by atoms with Gasteiger partial charge in [0.15, 0.2) is 5.78 Å². The van der Waals surface area contributed by atoms with E-state index in [4.69, 9.17) is 0 Å². The number of Topliss-reactive ketones (excluding diaryl/α,β-unsaturated/α-hetero) is 1. The molecule has 0 saturated heterocycles. The first-order valence-corrected chi connectivity index (χ1v) is 11.5. The first-order chi connectivity index (χ1) is 15.5. The second-order valence-corrected chi connectivity index (χ2v) is 8.76. The maximum atomic E-state index is 13.3. The summed E-state index contributed by atoms with van der Waals surface area (Å²) < 4.78 is 0. The van der Waals surface area contributed by atoms with Gasteiger partial charge in [-0.25, -0.2) is 0 Å². The van der Waals surface area contributed by atoms with E-state index < -0.39 is 0 Å². The van der Waals surface area contributed by atoms with Gasteiger partial charge in [-0.1, -0.05) is 93.6 Å². The summed E-state index contributed by atoms with van der Waals surface area (Å²) in [5, 5.41) is 5.86. The van der Waals surface area contributed by atoms with Crippen molar-refractivity contribution in [1.29, 1.82) is 0 Å². The minimum atomic E-state index is -0.0948. The lowest BCUT2D eigenvalue weighted by Gasteiger charge is -2.21. The van der Waals surface area contributed by atoms with Crippen LogP contribution in [0.2, 0.25) is 0 Å². The average Bonchev–Trinajstić information content (AvgIpc) is 2.83. The van der Waals surface area contributed by atoms with Crippen molar-refractivity contribution in [2.45, 2.75) is 45.6 Å². The van der Waals surface area contributed by atoms with Gasteiger partial charge in [0.05, 0.1) is 6.04 Å². The monoisotopic (exact) mass is 421 g/mol. The maximum absolute atomic E-state index is 13.3. The number of hydrogen-bond acceptors (Lipinski definition) is 2. The molecule has 0 amide bonds. The van der Waals surface area contributed by atoms with Gasteiger partial charge in [0, 0.05) is 17.7 Å². The van der Waals surface area contributed by atoms with Crippen LogP contribution < -0.4 is 5.32 Å². The quantitative estimate of drug-likeness (QED) is 0.292. The molecule has 0 aliphatic carbocycles. The molecule has 0 saturated carbocycles. The van der Waals surface area contributed by atoms with E-state index in [0.29, 0.717) is 12.3 Å². The average molecular weight is 422 g/mol. The summed E-state index contributed by atoms with van der Waals surface area (Å²) in [7, 11) is 0. The molecule has 1 unspecified atom stereocenters. The molecule has 1 N–H and O–H groups in total. The van der Waals surface area contributed by atoms with Crippen LogP contribution in [0.3, 0.4) is 0 Å². The van der Waals surface area contributed by atoms with Crippen LogP contribution >= 0.6 is 0 Å². The van der Waals surface area contributed by atoms with Gasteiger partial charge >= 0.3 is 0 Å². The normalized spacial score (nSPS) is 12.1. The number of benzene rings is 4. The molecule has 32 heavy (non-hydrogen) atoms. The Morgan fingerprint density at radius 1 is 0.781 bits per heavy atom. The van der Waals surface area contributed by atoms with Crippen LogP contribution in [0.1, 0.15) is 66.2 Å². The van der Waals surface area contributed by atoms with E-state index in [9.17, 15) is 4.79 Å². The van der Waals surface area contributed by atoms with Crippen LogP contribution in [-0.2, 0) is 6.42 Å². The topological polar surface area (TPSA) is 29.1 Å². The number of aryl methyl sites for hydroxylation is 1. The molecule has 0 spiro atoms. The molecule has 0 aliphatic heterocycles. The van der Waals surface area contributed by atoms with Crippen molar-refractivity contribution in [2.24, 2.45) is 0 Å². The van der Waals surface area contributed by atoms with E-state index in [2.05, 4.69) is 86.8 Å². The fourth-order valence-corrected chi connectivity index (χ4v) is 4.07. The summed E-state index contributed by atoms with van der Waals surface area (Å²) in [5.41, 5.74) is 5.53. The Bertz CT molecular complexity index is 1190. The van der Waals surface area contributed by atoms with E-state index in [1.54, 1.807) is 0 Å². The summed E-state index contributed by atoms with van der Waals surface area (Å²) in [6, 6.07) is 31.2. The predicted octanol–water partition coefficient (Wildman–Crippen LogP) is 7.95. The lowest BCUT2D eigenvalue weighted by molar-refractivity contribution is 0.0976. The first-order valence-electron chi connectivity index (χ1n) is 11.5. The summed E-state index contributed by atoms with van der Waals surface area (Å²) >= 11 is 0. The van der Waals surface area contributed by atoms with Gasteiger partial charge in [-0.15, -0.1) is 0 Å². The Labute approximate surface area is 191 Å². The number of anilines is 1. The molecule has 0 aromatic heterocycles. The Hall–Kier alpha value is -3.39. The molecule has 1 atom stereocenters. The first kappa shape index (κ1) is 21.8. The summed E-state index contributed by atoms with van der Waals surface area (Å²) in [4.78, 5) is 13.3. The van der Waals surface area contributed by atoms with Crippen molar-refractivity contribution in [1.82, 2.24) is 0 Å². The van der Waals surface area contributed by atoms with Gasteiger partial charge in [-0.2, -0.15) is 0 Å². The zero-order valence-electron chi connectivity index (χ0n) is 19.1. The predicted molar refractivity (Wildman–Crippen MR) is 136 cm³/mol. The zero-order chi connectivity index (χ0) is 22.5. The third kappa shape index (κ3) is 5.08. The van der Waals surface area contributed by atoms with Crippen LogP contribution in [0.25, 0.3) is 10.8 Å². The second kappa shape index (κ2) is 9.82. The number of carbonyl (C=O) groups is 1. The van der Waals surface area contributed by atoms with E-state index >= 15 is 0 Å². The van der Waals surface area contributed by atoms with Gasteiger partial charge in [0.2, 0.25) is 0 Å². The molecule has 0 heterocycles. The largest absolute Gasteiger partial charge is 0.378 e. The standard InChI is InChI=1S/C30H31NO/c1-4-22-9-17-28(18-10-22)31-29(25-14-11-23(12-15-25)21(2)3)20-30(32)27-16-13-24-7-5-6-8-26(24)19-27/h5-19,21,29,31H,4,20H2,1-3H3. The highest BCUT2D eigenvalue weighted by Gasteiger charge is 2.18. The molecule has 0 radical (unpaired) electrons. The van der Waals surface area contributed by atoms with Crippen molar-refractivity contribution >= 4 is 22.2 Å². The van der Waals surface area contributed by atoms with Gasteiger partial charge in [0.1, 0.15) is 0 Å². The maximum Gasteiger partial charge on any atom is 0.165 e. The van der Waals surface area contributed by atoms with E-state index in [1.807, 2.05) is 30.3 Å². The van der Waals surface area contributed by atoms with Crippen molar-refractivity contribution in [2.75, 3.05) is 5.32 Å². The molecule has 4 aromatic rings. The van der Waals surface area contributed by atoms with Gasteiger partial charge in [0.25, 0.3) is 0 Å². The van der Waals surface area contributed by atoms with Gasteiger partial charge in [-0.3, -0.25) is 4.79 Å². The third-order valence-corrected chi connectivity index (χ3v) is 6.17. The molecule has 4 aromatic carbocycles. The minimum absolute atomic E-state index is 0.0948. The van der Waals surface area contributed by atoms with E-state index in [-0.39, 0.29) is 11.8 Å². The highest BCUT2D eigenvalue weighted by atomic mass is 16.1. The second-order valence-electron chi connectivity index (χ2n) is 8.76. The number of ketones is 1. The summed E-state index contributed by atoms with van der Waals surface area (Å²) in [5.74, 6) is 0.627. The SMILES string of the molecule is CCc1ccc(NC(CC(=O)c2ccc3ccccc3c2)c2ccc(C(C)C)cc2)cc1. The molecule has 0 fully saturated rings.